The molecule has 0 radical (unpaired) electrons. The summed E-state index contributed by atoms with van der Waals surface area (Å²) in [5.41, 5.74) is 0. The largest absolute Gasteiger partial charge is 0.337 e. The lowest BCUT2D eigenvalue weighted by Gasteiger charge is -2.33. The number of rotatable bonds is 3. The maximum Gasteiger partial charge on any atom is 0.238 e. The van der Waals surface area contributed by atoms with E-state index in [-0.39, 0.29) is 16.8 Å². The van der Waals surface area contributed by atoms with Crippen LogP contribution in [0.1, 0.15) is 6.92 Å². The Morgan fingerprint density at radius 3 is 2.65 bits per heavy atom. The van der Waals surface area contributed by atoms with Gasteiger partial charge in [0.05, 0.1) is 4.90 Å². The first-order valence-electron chi connectivity index (χ1n) is 6.38. The number of nitrogens with one attached hydrogen (secondary N) is 1. The minimum absolute atomic E-state index is 0.0108. The number of sulfone groups is 1. The maximum absolute atomic E-state index is 12.2. The van der Waals surface area contributed by atoms with E-state index in [2.05, 4.69) is 5.32 Å². The van der Waals surface area contributed by atoms with Gasteiger partial charge in [0, 0.05) is 30.7 Å². The van der Waals surface area contributed by atoms with E-state index in [1.807, 2.05) is 6.92 Å². The molecule has 2 rings (SSSR count). The van der Waals surface area contributed by atoms with Gasteiger partial charge in [0.1, 0.15) is 5.75 Å². The van der Waals surface area contributed by atoms with Gasteiger partial charge in [-0.2, -0.15) is 0 Å². The van der Waals surface area contributed by atoms with Crippen LogP contribution in [-0.4, -0.2) is 50.7 Å². The van der Waals surface area contributed by atoms with Crippen LogP contribution in [0.25, 0.3) is 0 Å². The van der Waals surface area contributed by atoms with Crippen LogP contribution in [0, 0.1) is 0 Å². The molecule has 0 saturated carbocycles. The summed E-state index contributed by atoms with van der Waals surface area (Å²) in [6.07, 6.45) is 0. The number of piperazine rings is 1. The molecule has 7 heteroatoms. The lowest BCUT2D eigenvalue weighted by atomic mass is 10.2. The lowest BCUT2D eigenvalue weighted by Crippen LogP contribution is -2.53. The summed E-state index contributed by atoms with van der Waals surface area (Å²) in [6.45, 7) is 3.82. The molecule has 0 aromatic heterocycles. The van der Waals surface area contributed by atoms with Crippen molar-refractivity contribution in [2.75, 3.05) is 25.4 Å². The van der Waals surface area contributed by atoms with Gasteiger partial charge in [-0.3, -0.25) is 4.79 Å². The third kappa shape index (κ3) is 3.50. The molecule has 1 amide bonds. The number of carbonyl (C=O) groups is 1. The molecule has 5 nitrogen and oxygen atoms in total. The van der Waals surface area contributed by atoms with Crippen molar-refractivity contribution in [2.45, 2.75) is 17.9 Å². The Morgan fingerprint density at radius 2 is 2.05 bits per heavy atom. The van der Waals surface area contributed by atoms with Crippen LogP contribution in [0.4, 0.5) is 0 Å². The SMILES string of the molecule is CC1CNCCN1C(=O)CS(=O)(=O)c1ccc(Cl)cc1. The Morgan fingerprint density at radius 1 is 1.40 bits per heavy atom. The van der Waals surface area contributed by atoms with Crippen molar-refractivity contribution < 1.29 is 13.2 Å². The van der Waals surface area contributed by atoms with Crippen LogP contribution in [0.5, 0.6) is 0 Å². The monoisotopic (exact) mass is 316 g/mol. The Bertz CT molecular complexity index is 586. The first-order chi connectivity index (χ1) is 9.40. The number of hydrogen-bond acceptors (Lipinski definition) is 4. The Kier molecular flexibility index (Phi) is 4.67. The highest BCUT2D eigenvalue weighted by Gasteiger charge is 2.27. The zero-order valence-corrected chi connectivity index (χ0v) is 12.7. The second kappa shape index (κ2) is 6.11. The van der Waals surface area contributed by atoms with E-state index in [9.17, 15) is 13.2 Å². The summed E-state index contributed by atoms with van der Waals surface area (Å²) in [4.78, 5) is 13.9. The molecule has 0 aliphatic carbocycles. The quantitative estimate of drug-likeness (QED) is 0.901. The molecule has 1 fully saturated rings. The highest BCUT2D eigenvalue weighted by atomic mass is 35.5. The summed E-state index contributed by atoms with van der Waals surface area (Å²) < 4.78 is 24.4. The molecule has 1 aliphatic heterocycles. The molecule has 1 unspecified atom stereocenters. The highest BCUT2D eigenvalue weighted by Crippen LogP contribution is 2.16. The van der Waals surface area contributed by atoms with Crippen molar-refractivity contribution >= 4 is 27.3 Å². The summed E-state index contributed by atoms with van der Waals surface area (Å²) >= 11 is 5.73. The fourth-order valence-corrected chi connectivity index (χ4v) is 3.52. The fourth-order valence-electron chi connectivity index (χ4n) is 2.18. The zero-order valence-electron chi connectivity index (χ0n) is 11.2. The smallest absolute Gasteiger partial charge is 0.238 e. The Hall–Kier alpha value is -1.11. The molecule has 0 bridgehead atoms. The van der Waals surface area contributed by atoms with Gasteiger partial charge in [-0.25, -0.2) is 8.42 Å². The van der Waals surface area contributed by atoms with E-state index in [0.29, 0.717) is 24.7 Å². The van der Waals surface area contributed by atoms with Crippen LogP contribution >= 0.6 is 11.6 Å². The van der Waals surface area contributed by atoms with E-state index in [4.69, 9.17) is 11.6 Å². The molecule has 1 N–H and O–H groups in total. The third-order valence-corrected chi connectivity index (χ3v) is 5.18. The fraction of sp³-hybridized carbons (Fsp3) is 0.462. The lowest BCUT2D eigenvalue weighted by molar-refractivity contribution is -0.131. The van der Waals surface area contributed by atoms with E-state index in [0.717, 1.165) is 0 Å². The molecule has 1 aromatic carbocycles. The number of benzene rings is 1. The first-order valence-corrected chi connectivity index (χ1v) is 8.42. The maximum atomic E-state index is 12.2. The van der Waals surface area contributed by atoms with E-state index in [1.54, 1.807) is 4.90 Å². The zero-order chi connectivity index (χ0) is 14.8. The van der Waals surface area contributed by atoms with Crippen molar-refractivity contribution in [2.24, 2.45) is 0 Å². The second-order valence-corrected chi connectivity index (χ2v) is 7.28. The molecular formula is C13H17ClN2O3S. The standard InChI is InChI=1S/C13H17ClN2O3S/c1-10-8-15-6-7-16(10)13(17)9-20(18,19)12-4-2-11(14)3-5-12/h2-5,10,15H,6-9H2,1H3. The summed E-state index contributed by atoms with van der Waals surface area (Å²) in [5, 5.41) is 3.63. The van der Waals surface area contributed by atoms with Crippen molar-refractivity contribution in [1.82, 2.24) is 10.2 Å². The summed E-state index contributed by atoms with van der Waals surface area (Å²) in [6, 6.07) is 5.87. The highest BCUT2D eigenvalue weighted by molar-refractivity contribution is 7.92. The summed E-state index contributed by atoms with van der Waals surface area (Å²) in [7, 11) is -3.62. The van der Waals surface area contributed by atoms with Crippen molar-refractivity contribution in [3.05, 3.63) is 29.3 Å². The van der Waals surface area contributed by atoms with Gasteiger partial charge in [-0.15, -0.1) is 0 Å². The van der Waals surface area contributed by atoms with Crippen LogP contribution < -0.4 is 5.32 Å². The average Bonchev–Trinajstić information content (AvgIpc) is 2.39. The summed E-state index contributed by atoms with van der Waals surface area (Å²) in [5.74, 6) is -0.854. The molecule has 1 heterocycles. The number of halogens is 1. The van der Waals surface area contributed by atoms with Gasteiger partial charge in [0.2, 0.25) is 5.91 Å². The molecule has 1 saturated heterocycles. The first kappa shape index (κ1) is 15.3. The molecule has 1 aromatic rings. The minimum Gasteiger partial charge on any atom is -0.337 e. The number of hydrogen-bond donors (Lipinski definition) is 1. The van der Waals surface area contributed by atoms with E-state index in [1.165, 1.54) is 24.3 Å². The van der Waals surface area contributed by atoms with Gasteiger partial charge in [-0.05, 0) is 31.2 Å². The van der Waals surface area contributed by atoms with Crippen molar-refractivity contribution in [3.8, 4) is 0 Å². The predicted octanol–water partition coefficient (Wildman–Crippen LogP) is 0.934. The van der Waals surface area contributed by atoms with Crippen molar-refractivity contribution in [1.29, 1.82) is 0 Å². The normalized spacial score (nSPS) is 19.9. The number of amides is 1. The number of nitrogens with zero attached hydrogens (tertiary/aromatic N) is 1. The minimum atomic E-state index is -3.62. The van der Waals surface area contributed by atoms with Gasteiger partial charge in [0.15, 0.2) is 9.84 Å². The molecule has 1 aliphatic rings. The van der Waals surface area contributed by atoms with Crippen LogP contribution in [0.3, 0.4) is 0 Å². The van der Waals surface area contributed by atoms with Crippen LogP contribution in [0.15, 0.2) is 29.2 Å². The van der Waals surface area contributed by atoms with Crippen LogP contribution in [0.2, 0.25) is 5.02 Å². The van der Waals surface area contributed by atoms with Gasteiger partial charge in [0.25, 0.3) is 0 Å². The molecule has 20 heavy (non-hydrogen) atoms. The molecule has 110 valence electrons. The van der Waals surface area contributed by atoms with Crippen LogP contribution in [-0.2, 0) is 14.6 Å². The van der Waals surface area contributed by atoms with E-state index < -0.39 is 15.6 Å². The topological polar surface area (TPSA) is 66.5 Å². The van der Waals surface area contributed by atoms with E-state index >= 15 is 0 Å². The Balaban J connectivity index is 2.11. The van der Waals surface area contributed by atoms with Gasteiger partial charge >= 0.3 is 0 Å². The predicted molar refractivity (Wildman–Crippen MR) is 77.5 cm³/mol. The number of carbonyl (C=O) groups excluding carboxylic acids is 1. The van der Waals surface area contributed by atoms with Gasteiger partial charge < -0.3 is 10.2 Å². The second-order valence-electron chi connectivity index (χ2n) is 4.85. The average molecular weight is 317 g/mol. The molecular weight excluding hydrogens is 300 g/mol. The molecule has 1 atom stereocenters. The van der Waals surface area contributed by atoms with Crippen molar-refractivity contribution in [3.63, 3.8) is 0 Å². The third-order valence-electron chi connectivity index (χ3n) is 3.31. The molecule has 0 spiro atoms. The Labute approximate surface area is 123 Å². The van der Waals surface area contributed by atoms with Gasteiger partial charge in [-0.1, -0.05) is 11.6 Å².